The molecule has 0 aliphatic heterocycles. The van der Waals surface area contributed by atoms with Gasteiger partial charge in [-0.2, -0.15) is 0 Å². The zero-order valence-corrected chi connectivity index (χ0v) is 14.9. The molecular formula is C22H17F2N3O. The van der Waals surface area contributed by atoms with Crippen molar-refractivity contribution in [2.24, 2.45) is 0 Å². The summed E-state index contributed by atoms with van der Waals surface area (Å²) in [5, 5.41) is 2.82. The van der Waals surface area contributed by atoms with Gasteiger partial charge in [-0.25, -0.2) is 13.8 Å². The summed E-state index contributed by atoms with van der Waals surface area (Å²) in [7, 11) is 0. The third-order valence-corrected chi connectivity index (χ3v) is 4.44. The number of aromatic nitrogens is 2. The highest BCUT2D eigenvalue weighted by Crippen LogP contribution is 2.29. The van der Waals surface area contributed by atoms with Crippen LogP contribution >= 0.6 is 0 Å². The van der Waals surface area contributed by atoms with Gasteiger partial charge in [-0.3, -0.25) is 9.20 Å². The second-order valence-electron chi connectivity index (χ2n) is 6.43. The van der Waals surface area contributed by atoms with Crippen molar-refractivity contribution in [2.45, 2.75) is 12.8 Å². The molecule has 1 N–H and O–H groups in total. The maximum Gasteiger partial charge on any atom is 0.225 e. The zero-order valence-electron chi connectivity index (χ0n) is 14.9. The van der Waals surface area contributed by atoms with Gasteiger partial charge in [0.1, 0.15) is 17.3 Å². The molecular weight excluding hydrogens is 360 g/mol. The Labute approximate surface area is 160 Å². The van der Waals surface area contributed by atoms with E-state index in [4.69, 9.17) is 0 Å². The van der Waals surface area contributed by atoms with Crippen LogP contribution in [0.5, 0.6) is 0 Å². The molecule has 0 saturated carbocycles. The lowest BCUT2D eigenvalue weighted by atomic mass is 10.1. The van der Waals surface area contributed by atoms with Gasteiger partial charge in [-0.05, 0) is 48.4 Å². The number of amides is 1. The minimum Gasteiger partial charge on any atom is -0.309 e. The number of pyridine rings is 1. The van der Waals surface area contributed by atoms with Crippen LogP contribution < -0.4 is 5.32 Å². The van der Waals surface area contributed by atoms with Crippen molar-refractivity contribution in [1.29, 1.82) is 0 Å². The van der Waals surface area contributed by atoms with E-state index in [1.165, 1.54) is 30.5 Å². The van der Waals surface area contributed by atoms with Gasteiger partial charge < -0.3 is 5.32 Å². The summed E-state index contributed by atoms with van der Waals surface area (Å²) in [6.45, 7) is 0. The number of carbonyl (C=O) groups is 1. The van der Waals surface area contributed by atoms with E-state index < -0.39 is 5.82 Å². The summed E-state index contributed by atoms with van der Waals surface area (Å²) in [5.74, 6) is -0.696. The molecule has 4 rings (SSSR count). The van der Waals surface area contributed by atoms with E-state index in [1.807, 2.05) is 30.3 Å². The maximum absolute atomic E-state index is 13.8. The topological polar surface area (TPSA) is 46.4 Å². The van der Waals surface area contributed by atoms with Crippen LogP contribution in [0.1, 0.15) is 12.0 Å². The van der Waals surface area contributed by atoms with Crippen LogP contribution in [0, 0.1) is 11.6 Å². The Bertz CT molecular complexity index is 1120. The second-order valence-corrected chi connectivity index (χ2v) is 6.43. The van der Waals surface area contributed by atoms with E-state index in [1.54, 1.807) is 16.5 Å². The van der Waals surface area contributed by atoms with Gasteiger partial charge in [-0.1, -0.05) is 30.3 Å². The first kappa shape index (κ1) is 17.9. The Morgan fingerprint density at radius 1 is 0.929 bits per heavy atom. The lowest BCUT2D eigenvalue weighted by Crippen LogP contribution is -2.13. The number of halogens is 2. The van der Waals surface area contributed by atoms with Crippen LogP contribution in [0.25, 0.3) is 16.9 Å². The molecule has 0 unspecified atom stereocenters. The molecule has 0 radical (unpaired) electrons. The minimum absolute atomic E-state index is 0.198. The number of hydrogen-bond donors (Lipinski definition) is 1. The molecule has 2 aromatic carbocycles. The first-order chi connectivity index (χ1) is 13.6. The zero-order chi connectivity index (χ0) is 19.5. The standard InChI is InChI=1S/C22H17F2N3O/c23-17-9-7-16(8-10-17)21-22(25-19-12-11-18(24)14-27(19)21)26-20(28)13-6-15-4-2-1-3-5-15/h1-5,7-12,14H,6,13H2,(H,26,28). The predicted octanol–water partition coefficient (Wildman–Crippen LogP) is 4.85. The number of aryl methyl sites for hydroxylation is 1. The lowest BCUT2D eigenvalue weighted by molar-refractivity contribution is -0.116. The van der Waals surface area contributed by atoms with Gasteiger partial charge >= 0.3 is 0 Å². The molecule has 0 saturated heterocycles. The van der Waals surface area contributed by atoms with E-state index in [9.17, 15) is 13.6 Å². The number of rotatable bonds is 5. The van der Waals surface area contributed by atoms with E-state index >= 15 is 0 Å². The smallest absolute Gasteiger partial charge is 0.225 e. The van der Waals surface area contributed by atoms with Gasteiger partial charge in [0, 0.05) is 18.2 Å². The third kappa shape index (κ3) is 3.76. The van der Waals surface area contributed by atoms with Gasteiger partial charge in [0.25, 0.3) is 0 Å². The van der Waals surface area contributed by atoms with Crippen molar-refractivity contribution in [1.82, 2.24) is 9.38 Å². The second kappa shape index (κ2) is 7.60. The first-order valence-corrected chi connectivity index (χ1v) is 8.87. The summed E-state index contributed by atoms with van der Waals surface area (Å²) in [4.78, 5) is 16.9. The van der Waals surface area contributed by atoms with Crippen molar-refractivity contribution >= 4 is 17.4 Å². The average molecular weight is 377 g/mol. The van der Waals surface area contributed by atoms with Crippen LogP contribution in [-0.4, -0.2) is 15.3 Å². The van der Waals surface area contributed by atoms with Crippen molar-refractivity contribution in [3.63, 3.8) is 0 Å². The Morgan fingerprint density at radius 3 is 2.39 bits per heavy atom. The number of imidazole rings is 1. The highest BCUT2D eigenvalue weighted by molar-refractivity contribution is 5.94. The van der Waals surface area contributed by atoms with Gasteiger partial charge in [-0.15, -0.1) is 0 Å². The molecule has 0 fully saturated rings. The molecule has 6 heteroatoms. The number of fused-ring (bicyclic) bond motifs is 1. The monoisotopic (exact) mass is 377 g/mol. The van der Waals surface area contributed by atoms with Gasteiger partial charge in [0.15, 0.2) is 5.82 Å². The number of nitrogens with one attached hydrogen (secondary N) is 1. The van der Waals surface area contributed by atoms with Crippen molar-refractivity contribution in [3.8, 4) is 11.3 Å². The van der Waals surface area contributed by atoms with Crippen LogP contribution in [0.15, 0.2) is 72.9 Å². The molecule has 0 aliphatic carbocycles. The van der Waals surface area contributed by atoms with Crippen LogP contribution in [0.4, 0.5) is 14.6 Å². The number of carbonyl (C=O) groups excluding carboxylic acids is 1. The maximum atomic E-state index is 13.8. The summed E-state index contributed by atoms with van der Waals surface area (Å²) in [6, 6.07) is 18.3. The number of nitrogens with zero attached hydrogens (tertiary/aromatic N) is 2. The summed E-state index contributed by atoms with van der Waals surface area (Å²) < 4.78 is 28.7. The van der Waals surface area contributed by atoms with Crippen LogP contribution in [0.3, 0.4) is 0 Å². The molecule has 4 aromatic rings. The SMILES string of the molecule is O=C(CCc1ccccc1)Nc1nc2ccc(F)cn2c1-c1ccc(F)cc1. The fraction of sp³-hybridized carbons (Fsp3) is 0.0909. The molecule has 4 nitrogen and oxygen atoms in total. The molecule has 0 aliphatic rings. The third-order valence-electron chi connectivity index (χ3n) is 4.44. The molecule has 2 heterocycles. The Hall–Kier alpha value is -3.54. The Kier molecular flexibility index (Phi) is 4.85. The highest BCUT2D eigenvalue weighted by Gasteiger charge is 2.17. The molecule has 140 valence electrons. The van der Waals surface area contributed by atoms with Crippen LogP contribution in [-0.2, 0) is 11.2 Å². The van der Waals surface area contributed by atoms with E-state index in [-0.39, 0.29) is 18.1 Å². The molecule has 0 bridgehead atoms. The highest BCUT2D eigenvalue weighted by atomic mass is 19.1. The normalized spacial score (nSPS) is 10.9. The predicted molar refractivity (Wildman–Crippen MR) is 104 cm³/mol. The van der Waals surface area contributed by atoms with Crippen molar-refractivity contribution < 1.29 is 13.6 Å². The molecule has 28 heavy (non-hydrogen) atoms. The summed E-state index contributed by atoms with van der Waals surface area (Å²) in [5.41, 5.74) is 2.67. The largest absolute Gasteiger partial charge is 0.309 e. The van der Waals surface area contributed by atoms with E-state index in [0.29, 0.717) is 29.1 Å². The van der Waals surface area contributed by atoms with E-state index in [2.05, 4.69) is 10.3 Å². The summed E-state index contributed by atoms with van der Waals surface area (Å²) in [6.07, 6.45) is 2.18. The molecule has 2 aromatic heterocycles. The van der Waals surface area contributed by atoms with Gasteiger partial charge in [0.2, 0.25) is 5.91 Å². The van der Waals surface area contributed by atoms with E-state index in [0.717, 1.165) is 5.56 Å². The fourth-order valence-corrected chi connectivity index (χ4v) is 3.09. The van der Waals surface area contributed by atoms with Crippen molar-refractivity contribution in [3.05, 3.63) is 90.1 Å². The first-order valence-electron chi connectivity index (χ1n) is 8.87. The van der Waals surface area contributed by atoms with Gasteiger partial charge in [0.05, 0.1) is 5.69 Å². The minimum atomic E-state index is -0.435. The Balaban J connectivity index is 1.65. The fourth-order valence-electron chi connectivity index (χ4n) is 3.09. The molecule has 0 atom stereocenters. The quantitative estimate of drug-likeness (QED) is 0.540. The molecule has 1 amide bonds. The average Bonchev–Trinajstić information content (AvgIpc) is 3.05. The van der Waals surface area contributed by atoms with Crippen molar-refractivity contribution in [2.75, 3.05) is 5.32 Å². The lowest BCUT2D eigenvalue weighted by Gasteiger charge is -2.07. The number of benzene rings is 2. The molecule has 0 spiro atoms. The Morgan fingerprint density at radius 2 is 1.64 bits per heavy atom. The summed E-state index contributed by atoms with van der Waals surface area (Å²) >= 11 is 0. The number of hydrogen-bond acceptors (Lipinski definition) is 2. The number of anilines is 1. The van der Waals surface area contributed by atoms with Crippen LogP contribution in [0.2, 0.25) is 0 Å².